The van der Waals surface area contributed by atoms with Crippen LogP contribution in [0.3, 0.4) is 0 Å². The number of carbonyl (C=O) groups excluding carboxylic acids is 1. The molecule has 3 heterocycles. The van der Waals surface area contributed by atoms with Gasteiger partial charge in [0.25, 0.3) is 11.6 Å². The highest BCUT2D eigenvalue weighted by atomic mass is 19.4. The molecule has 4 rings (SSSR count). The van der Waals surface area contributed by atoms with E-state index in [1.807, 2.05) is 0 Å². The molecule has 0 unspecified atom stereocenters. The Morgan fingerprint density at radius 1 is 1.32 bits per heavy atom. The smallest absolute Gasteiger partial charge is 0.337 e. The molecule has 0 aliphatic carbocycles. The largest absolute Gasteiger partial charge is 0.417 e. The normalized spacial score (nSPS) is 17.5. The van der Waals surface area contributed by atoms with E-state index in [4.69, 9.17) is 10.3 Å². The summed E-state index contributed by atoms with van der Waals surface area (Å²) in [7, 11) is 0. The molecule has 2 aromatic heterocycles. The molecular formula is C19H17F3N4O2. The Kier molecular flexibility index (Phi) is 4.34. The molecule has 1 saturated heterocycles. The zero-order valence-electron chi connectivity index (χ0n) is 15.0. The summed E-state index contributed by atoms with van der Waals surface area (Å²) in [6.45, 7) is 2.54. The Morgan fingerprint density at radius 2 is 2.07 bits per heavy atom. The van der Waals surface area contributed by atoms with Crippen LogP contribution < -0.4 is 5.73 Å². The van der Waals surface area contributed by atoms with Gasteiger partial charge in [-0.3, -0.25) is 4.79 Å². The van der Waals surface area contributed by atoms with Crippen molar-refractivity contribution in [2.24, 2.45) is 5.73 Å². The number of alkyl halides is 3. The Hall–Kier alpha value is -2.94. The number of nitrogens with zero attached hydrogens (tertiary/aromatic N) is 3. The fourth-order valence-corrected chi connectivity index (χ4v) is 3.50. The lowest BCUT2D eigenvalue weighted by Gasteiger charge is -2.17. The minimum Gasteiger partial charge on any atom is -0.337 e. The van der Waals surface area contributed by atoms with Gasteiger partial charge in [-0.25, -0.2) is 4.98 Å². The van der Waals surface area contributed by atoms with E-state index in [1.54, 1.807) is 11.8 Å². The highest BCUT2D eigenvalue weighted by Gasteiger charge is 2.34. The van der Waals surface area contributed by atoms with Gasteiger partial charge in [-0.2, -0.15) is 13.2 Å². The number of aryl methyl sites for hydroxylation is 1. The van der Waals surface area contributed by atoms with Gasteiger partial charge in [0.15, 0.2) is 0 Å². The number of nitrogens with two attached hydrogens (primary N) is 1. The zero-order chi connectivity index (χ0) is 20.1. The van der Waals surface area contributed by atoms with E-state index < -0.39 is 11.7 Å². The van der Waals surface area contributed by atoms with Gasteiger partial charge in [0, 0.05) is 24.7 Å². The third kappa shape index (κ3) is 3.11. The number of aromatic nitrogens is 2. The van der Waals surface area contributed by atoms with E-state index in [2.05, 4.69) is 10.1 Å². The molecule has 6 nitrogen and oxygen atoms in total. The van der Waals surface area contributed by atoms with Gasteiger partial charge in [0.1, 0.15) is 0 Å². The molecule has 1 amide bonds. The van der Waals surface area contributed by atoms with E-state index in [-0.39, 0.29) is 34.5 Å². The second-order valence-corrected chi connectivity index (χ2v) is 6.85. The van der Waals surface area contributed by atoms with Crippen LogP contribution in [0.15, 0.2) is 34.9 Å². The van der Waals surface area contributed by atoms with Crippen LogP contribution >= 0.6 is 0 Å². The van der Waals surface area contributed by atoms with E-state index in [1.165, 1.54) is 24.3 Å². The molecule has 0 spiro atoms. The summed E-state index contributed by atoms with van der Waals surface area (Å²) < 4.78 is 45.5. The number of halogens is 3. The number of likely N-dealkylation sites (tertiary alicyclic amines) is 1. The number of benzene rings is 1. The molecule has 0 bridgehead atoms. The monoisotopic (exact) mass is 390 g/mol. The van der Waals surface area contributed by atoms with Crippen LogP contribution in [0.5, 0.6) is 0 Å². The first kappa shape index (κ1) is 18.4. The third-order valence-electron chi connectivity index (χ3n) is 4.87. The van der Waals surface area contributed by atoms with Crippen molar-refractivity contribution >= 4 is 17.0 Å². The van der Waals surface area contributed by atoms with Crippen molar-refractivity contribution < 1.29 is 22.5 Å². The van der Waals surface area contributed by atoms with Crippen LogP contribution in [-0.2, 0) is 6.18 Å². The molecule has 1 aromatic carbocycles. The van der Waals surface area contributed by atoms with Crippen LogP contribution in [0.1, 0.15) is 28.0 Å². The minimum atomic E-state index is -4.56. The zero-order valence-corrected chi connectivity index (χ0v) is 15.0. The summed E-state index contributed by atoms with van der Waals surface area (Å²) in [6, 6.07) is 6.36. The van der Waals surface area contributed by atoms with E-state index >= 15 is 0 Å². The van der Waals surface area contributed by atoms with Gasteiger partial charge in [-0.05, 0) is 25.5 Å². The van der Waals surface area contributed by atoms with Crippen molar-refractivity contribution in [1.29, 1.82) is 0 Å². The SMILES string of the molecule is Cc1noc2nc(-c3ccccc3C(F)(F)F)cc(C(=O)N3CC[C@@H](N)C3)c12. The third-order valence-corrected chi connectivity index (χ3v) is 4.87. The summed E-state index contributed by atoms with van der Waals surface area (Å²) in [5.74, 6) is -0.322. The molecule has 1 atom stereocenters. The topological polar surface area (TPSA) is 85.2 Å². The number of pyridine rings is 1. The maximum absolute atomic E-state index is 13.4. The van der Waals surface area contributed by atoms with Gasteiger partial charge in [-0.1, -0.05) is 23.4 Å². The first-order valence-electron chi connectivity index (χ1n) is 8.74. The van der Waals surface area contributed by atoms with Crippen LogP contribution in [0.25, 0.3) is 22.4 Å². The molecule has 0 radical (unpaired) electrons. The van der Waals surface area contributed by atoms with Crippen molar-refractivity contribution in [2.45, 2.75) is 25.6 Å². The number of hydrogen-bond donors (Lipinski definition) is 1. The number of fused-ring (bicyclic) bond motifs is 1. The maximum Gasteiger partial charge on any atom is 0.417 e. The predicted octanol–water partition coefficient (Wildman–Crippen LogP) is 3.39. The first-order chi connectivity index (χ1) is 13.3. The molecular weight excluding hydrogens is 373 g/mol. The highest BCUT2D eigenvalue weighted by molar-refractivity contribution is 6.07. The first-order valence-corrected chi connectivity index (χ1v) is 8.74. The predicted molar refractivity (Wildman–Crippen MR) is 95.5 cm³/mol. The van der Waals surface area contributed by atoms with Crippen molar-refractivity contribution in [3.63, 3.8) is 0 Å². The maximum atomic E-state index is 13.4. The molecule has 146 valence electrons. The number of hydrogen-bond acceptors (Lipinski definition) is 5. The minimum absolute atomic E-state index is 0.00317. The summed E-state index contributed by atoms with van der Waals surface area (Å²) in [5.41, 5.74) is 5.62. The average molecular weight is 390 g/mol. The lowest BCUT2D eigenvalue weighted by molar-refractivity contribution is -0.137. The Bertz CT molecular complexity index is 1060. The quantitative estimate of drug-likeness (QED) is 0.725. The lowest BCUT2D eigenvalue weighted by atomic mass is 10.0. The lowest BCUT2D eigenvalue weighted by Crippen LogP contribution is -2.32. The van der Waals surface area contributed by atoms with Crippen LogP contribution in [0.2, 0.25) is 0 Å². The van der Waals surface area contributed by atoms with Crippen LogP contribution in [-0.4, -0.2) is 40.1 Å². The van der Waals surface area contributed by atoms with Crippen molar-refractivity contribution in [3.05, 3.63) is 47.2 Å². The van der Waals surface area contributed by atoms with Gasteiger partial charge < -0.3 is 15.2 Å². The Labute approximate surface area is 158 Å². The number of rotatable bonds is 2. The second kappa shape index (κ2) is 6.59. The van der Waals surface area contributed by atoms with Gasteiger partial charge >= 0.3 is 6.18 Å². The average Bonchev–Trinajstić information content (AvgIpc) is 3.26. The summed E-state index contributed by atoms with van der Waals surface area (Å²) in [4.78, 5) is 18.9. The molecule has 3 aromatic rings. The van der Waals surface area contributed by atoms with Gasteiger partial charge in [0.05, 0.1) is 27.9 Å². The molecule has 1 aliphatic rings. The molecule has 2 N–H and O–H groups in total. The second-order valence-electron chi connectivity index (χ2n) is 6.85. The molecule has 1 fully saturated rings. The molecule has 28 heavy (non-hydrogen) atoms. The Balaban J connectivity index is 1.90. The van der Waals surface area contributed by atoms with E-state index in [9.17, 15) is 18.0 Å². The summed E-state index contributed by atoms with van der Waals surface area (Å²) >= 11 is 0. The fourth-order valence-electron chi connectivity index (χ4n) is 3.50. The van der Waals surface area contributed by atoms with Crippen molar-refractivity contribution in [1.82, 2.24) is 15.0 Å². The number of amides is 1. The van der Waals surface area contributed by atoms with E-state index in [0.29, 0.717) is 30.6 Å². The van der Waals surface area contributed by atoms with E-state index in [0.717, 1.165) is 6.07 Å². The van der Waals surface area contributed by atoms with Crippen molar-refractivity contribution in [3.8, 4) is 11.3 Å². The van der Waals surface area contributed by atoms with Gasteiger partial charge in [-0.15, -0.1) is 0 Å². The molecule has 9 heteroatoms. The fraction of sp³-hybridized carbons (Fsp3) is 0.316. The van der Waals surface area contributed by atoms with Gasteiger partial charge in [0.2, 0.25) is 0 Å². The molecule has 1 aliphatic heterocycles. The Morgan fingerprint density at radius 3 is 2.75 bits per heavy atom. The summed E-state index contributed by atoms with van der Waals surface area (Å²) in [6.07, 6.45) is -3.89. The van der Waals surface area contributed by atoms with Crippen molar-refractivity contribution in [2.75, 3.05) is 13.1 Å². The van der Waals surface area contributed by atoms with Crippen LogP contribution in [0, 0.1) is 6.92 Å². The number of carbonyl (C=O) groups is 1. The standard InChI is InChI=1S/C19H17F3N4O2/c1-10-16-13(18(27)26-7-6-11(23)9-26)8-15(24-17(16)28-25-10)12-4-2-3-5-14(12)19(20,21)22/h2-5,8,11H,6-7,9,23H2,1H3/t11-/m1/s1. The molecule has 0 saturated carbocycles. The highest BCUT2D eigenvalue weighted by Crippen LogP contribution is 2.37. The summed E-state index contributed by atoms with van der Waals surface area (Å²) in [5, 5.41) is 4.23. The van der Waals surface area contributed by atoms with Crippen LogP contribution in [0.4, 0.5) is 13.2 Å².